The number of rotatable bonds is 4. The van der Waals surface area contributed by atoms with Gasteiger partial charge in [-0.2, -0.15) is 4.52 Å². The van der Waals surface area contributed by atoms with Gasteiger partial charge in [-0.15, -0.1) is 5.10 Å². The van der Waals surface area contributed by atoms with Crippen molar-refractivity contribution in [2.45, 2.75) is 39.2 Å². The van der Waals surface area contributed by atoms with Crippen molar-refractivity contribution < 1.29 is 9.52 Å². The number of fused-ring (bicyclic) bond motifs is 1. The maximum atomic E-state index is 10.7. The molecule has 0 aliphatic carbocycles. The van der Waals surface area contributed by atoms with E-state index in [9.17, 15) is 5.11 Å². The summed E-state index contributed by atoms with van der Waals surface area (Å²) in [4.78, 5) is 8.44. The zero-order chi connectivity index (χ0) is 16.0. The third kappa shape index (κ3) is 2.44. The molecule has 7 heteroatoms. The lowest BCUT2D eigenvalue weighted by atomic mass is 10.1. The van der Waals surface area contributed by atoms with Gasteiger partial charge in [0.15, 0.2) is 5.82 Å². The van der Waals surface area contributed by atoms with Crippen LogP contribution in [0.3, 0.4) is 0 Å². The SMILES string of the molecule is CCc1nc2sc(C(c3ccc(C)o3)N3CCCC3)c(O)n2n1. The second-order valence-electron chi connectivity index (χ2n) is 5.96. The van der Waals surface area contributed by atoms with Crippen LogP contribution < -0.4 is 0 Å². The minimum Gasteiger partial charge on any atom is -0.492 e. The van der Waals surface area contributed by atoms with Crippen molar-refractivity contribution in [2.24, 2.45) is 0 Å². The van der Waals surface area contributed by atoms with E-state index in [0.717, 1.165) is 46.7 Å². The van der Waals surface area contributed by atoms with Crippen molar-refractivity contribution in [2.75, 3.05) is 13.1 Å². The Morgan fingerprint density at radius 2 is 2.13 bits per heavy atom. The van der Waals surface area contributed by atoms with Gasteiger partial charge in [-0.3, -0.25) is 4.90 Å². The van der Waals surface area contributed by atoms with Crippen LogP contribution in [0.15, 0.2) is 16.5 Å². The molecule has 3 aromatic rings. The van der Waals surface area contributed by atoms with Gasteiger partial charge in [0.2, 0.25) is 10.8 Å². The first-order chi connectivity index (χ1) is 11.2. The van der Waals surface area contributed by atoms with E-state index in [1.54, 1.807) is 4.52 Å². The van der Waals surface area contributed by atoms with Crippen LogP contribution in [0.5, 0.6) is 5.88 Å². The van der Waals surface area contributed by atoms with Gasteiger partial charge in [-0.05, 0) is 45.0 Å². The molecule has 6 nitrogen and oxygen atoms in total. The van der Waals surface area contributed by atoms with Gasteiger partial charge < -0.3 is 9.52 Å². The monoisotopic (exact) mass is 332 g/mol. The Hall–Kier alpha value is -1.86. The average Bonchev–Trinajstić information content (AvgIpc) is 3.29. The van der Waals surface area contributed by atoms with Crippen molar-refractivity contribution in [3.8, 4) is 5.88 Å². The normalized spacial score (nSPS) is 17.3. The molecule has 23 heavy (non-hydrogen) atoms. The smallest absolute Gasteiger partial charge is 0.230 e. The average molecular weight is 332 g/mol. The molecule has 0 amide bonds. The maximum Gasteiger partial charge on any atom is 0.230 e. The highest BCUT2D eigenvalue weighted by Crippen LogP contribution is 2.41. The van der Waals surface area contributed by atoms with Crippen molar-refractivity contribution in [3.05, 3.63) is 34.4 Å². The highest BCUT2D eigenvalue weighted by atomic mass is 32.1. The van der Waals surface area contributed by atoms with Gasteiger partial charge in [-0.25, -0.2) is 4.98 Å². The topological polar surface area (TPSA) is 66.8 Å². The quantitative estimate of drug-likeness (QED) is 0.795. The summed E-state index contributed by atoms with van der Waals surface area (Å²) in [6.07, 6.45) is 3.12. The Balaban J connectivity index is 1.82. The molecule has 0 spiro atoms. The molecule has 1 unspecified atom stereocenters. The number of thiazole rings is 1. The second-order valence-corrected chi connectivity index (χ2v) is 6.97. The van der Waals surface area contributed by atoms with E-state index in [-0.39, 0.29) is 11.9 Å². The van der Waals surface area contributed by atoms with E-state index in [1.165, 1.54) is 24.2 Å². The standard InChI is InChI=1S/C16H20N4O2S/c1-3-12-17-16-20(18-12)15(21)14(23-16)13(19-8-4-5-9-19)11-7-6-10(2)22-11/h6-7,13,21H,3-5,8-9H2,1-2H3. The highest BCUT2D eigenvalue weighted by molar-refractivity contribution is 7.17. The minimum absolute atomic E-state index is 0.0650. The first kappa shape index (κ1) is 14.7. The van der Waals surface area contributed by atoms with E-state index in [4.69, 9.17) is 4.42 Å². The van der Waals surface area contributed by atoms with Gasteiger partial charge in [0.1, 0.15) is 17.6 Å². The summed E-state index contributed by atoms with van der Waals surface area (Å²) in [7, 11) is 0. The summed E-state index contributed by atoms with van der Waals surface area (Å²) in [5.41, 5.74) is 0. The van der Waals surface area contributed by atoms with Gasteiger partial charge in [0, 0.05) is 6.42 Å². The molecule has 0 aromatic carbocycles. The van der Waals surface area contributed by atoms with E-state index in [2.05, 4.69) is 15.0 Å². The molecule has 3 aromatic heterocycles. The number of aromatic nitrogens is 3. The first-order valence-corrected chi connectivity index (χ1v) is 8.86. The van der Waals surface area contributed by atoms with Crippen molar-refractivity contribution in [1.82, 2.24) is 19.5 Å². The summed E-state index contributed by atoms with van der Waals surface area (Å²) in [5.74, 6) is 2.70. The predicted molar refractivity (Wildman–Crippen MR) is 88.0 cm³/mol. The molecule has 1 fully saturated rings. The summed E-state index contributed by atoms with van der Waals surface area (Å²) < 4.78 is 7.44. The van der Waals surface area contributed by atoms with E-state index in [0.29, 0.717) is 0 Å². The fourth-order valence-corrected chi connectivity index (χ4v) is 4.31. The van der Waals surface area contributed by atoms with Gasteiger partial charge in [-0.1, -0.05) is 18.3 Å². The zero-order valence-corrected chi connectivity index (χ0v) is 14.1. The molecule has 0 radical (unpaired) electrons. The van der Waals surface area contributed by atoms with Gasteiger partial charge in [0.25, 0.3) is 0 Å². The van der Waals surface area contributed by atoms with Crippen LogP contribution in [0.25, 0.3) is 4.96 Å². The van der Waals surface area contributed by atoms with Crippen LogP contribution in [0.4, 0.5) is 0 Å². The Morgan fingerprint density at radius 3 is 2.74 bits per heavy atom. The maximum absolute atomic E-state index is 10.7. The van der Waals surface area contributed by atoms with Crippen LogP contribution in [0.2, 0.25) is 0 Å². The van der Waals surface area contributed by atoms with E-state index >= 15 is 0 Å². The highest BCUT2D eigenvalue weighted by Gasteiger charge is 2.33. The fourth-order valence-electron chi connectivity index (χ4n) is 3.19. The molecule has 4 heterocycles. The van der Waals surface area contributed by atoms with Crippen LogP contribution in [-0.4, -0.2) is 37.7 Å². The first-order valence-electron chi connectivity index (χ1n) is 8.05. The lowest BCUT2D eigenvalue weighted by Gasteiger charge is -2.24. The molecule has 0 saturated carbocycles. The Morgan fingerprint density at radius 1 is 1.35 bits per heavy atom. The number of aryl methyl sites for hydroxylation is 2. The third-order valence-corrected chi connectivity index (χ3v) is 5.42. The number of hydrogen-bond donors (Lipinski definition) is 1. The molecule has 1 aliphatic heterocycles. The van der Waals surface area contributed by atoms with E-state index in [1.807, 2.05) is 26.0 Å². The summed E-state index contributed by atoms with van der Waals surface area (Å²) in [6.45, 7) is 5.98. The predicted octanol–water partition coefficient (Wildman–Crippen LogP) is 3.15. The zero-order valence-electron chi connectivity index (χ0n) is 13.3. The van der Waals surface area contributed by atoms with Gasteiger partial charge in [0.05, 0.1) is 4.88 Å². The second kappa shape index (κ2) is 5.65. The van der Waals surface area contributed by atoms with Crippen LogP contribution >= 0.6 is 11.3 Å². The van der Waals surface area contributed by atoms with Gasteiger partial charge >= 0.3 is 0 Å². The number of furan rings is 1. The largest absolute Gasteiger partial charge is 0.492 e. The molecule has 1 N–H and O–H groups in total. The Bertz CT molecular complexity index is 828. The molecule has 1 aliphatic rings. The van der Waals surface area contributed by atoms with Crippen molar-refractivity contribution in [1.29, 1.82) is 0 Å². The minimum atomic E-state index is -0.0650. The summed E-state index contributed by atoms with van der Waals surface area (Å²) in [5, 5.41) is 15.1. The Labute approximate surface area is 138 Å². The molecule has 0 bridgehead atoms. The molecule has 122 valence electrons. The molecular formula is C16H20N4O2S. The van der Waals surface area contributed by atoms with Crippen molar-refractivity contribution in [3.63, 3.8) is 0 Å². The molecule has 1 atom stereocenters. The lowest BCUT2D eigenvalue weighted by Crippen LogP contribution is -2.25. The fraction of sp³-hybridized carbons (Fsp3) is 0.500. The van der Waals surface area contributed by atoms with Crippen LogP contribution in [0.1, 0.15) is 48.0 Å². The third-order valence-electron chi connectivity index (χ3n) is 4.34. The molecule has 1 saturated heterocycles. The number of likely N-dealkylation sites (tertiary alicyclic amines) is 1. The van der Waals surface area contributed by atoms with Crippen molar-refractivity contribution >= 4 is 16.3 Å². The molecular weight excluding hydrogens is 312 g/mol. The van der Waals surface area contributed by atoms with Crippen LogP contribution in [-0.2, 0) is 6.42 Å². The lowest BCUT2D eigenvalue weighted by molar-refractivity contribution is 0.244. The van der Waals surface area contributed by atoms with Crippen LogP contribution in [0, 0.1) is 6.92 Å². The summed E-state index contributed by atoms with van der Waals surface area (Å²) >= 11 is 1.50. The number of hydrogen-bond acceptors (Lipinski definition) is 6. The summed E-state index contributed by atoms with van der Waals surface area (Å²) in [6, 6.07) is 3.91. The van der Waals surface area contributed by atoms with E-state index < -0.39 is 0 Å². The number of aromatic hydroxyl groups is 1. The molecule has 4 rings (SSSR count). The Kier molecular flexibility index (Phi) is 3.61. The number of nitrogens with zero attached hydrogens (tertiary/aromatic N) is 4.